The molecule has 2 aliphatic heterocycles. The summed E-state index contributed by atoms with van der Waals surface area (Å²) in [5.74, 6) is 0.375. The molecule has 206 valence electrons. The van der Waals surface area contributed by atoms with Crippen molar-refractivity contribution in [2.24, 2.45) is 0 Å². The maximum atomic E-state index is 13.2. The van der Waals surface area contributed by atoms with Crippen LogP contribution in [0.15, 0.2) is 58.6 Å². The van der Waals surface area contributed by atoms with Crippen LogP contribution in [-0.2, 0) is 24.6 Å². The first-order valence-corrected chi connectivity index (χ1v) is 15.8. The van der Waals surface area contributed by atoms with E-state index in [4.69, 9.17) is 9.47 Å². The second-order valence-electron chi connectivity index (χ2n) is 10.0. The van der Waals surface area contributed by atoms with Gasteiger partial charge in [-0.3, -0.25) is 4.98 Å². The van der Waals surface area contributed by atoms with Gasteiger partial charge in [-0.2, -0.15) is 4.31 Å². The number of rotatable bonds is 9. The Morgan fingerprint density at radius 3 is 2.76 bits per heavy atom. The SMILES string of the molecule is CS(=O)(=O)c1cccc(OCC(O)CN[C@H]2COC3(CCN(S(=O)(=O)c4cnc5cc[nH]c5c4)CC3)C2)c1. The molecule has 2 saturated heterocycles. The van der Waals surface area contributed by atoms with Crippen LogP contribution in [0.5, 0.6) is 5.75 Å². The Balaban J connectivity index is 1.09. The van der Waals surface area contributed by atoms with E-state index in [1.807, 2.05) is 0 Å². The van der Waals surface area contributed by atoms with Gasteiger partial charge in [-0.05, 0) is 49.6 Å². The lowest BCUT2D eigenvalue weighted by Gasteiger charge is -2.38. The maximum Gasteiger partial charge on any atom is 0.244 e. The molecule has 11 nitrogen and oxygen atoms in total. The number of hydrogen-bond donors (Lipinski definition) is 3. The number of sulfonamides is 1. The second kappa shape index (κ2) is 10.5. The fourth-order valence-corrected chi connectivity index (χ4v) is 7.08. The lowest BCUT2D eigenvalue weighted by atomic mass is 9.88. The van der Waals surface area contributed by atoms with Crippen molar-refractivity contribution in [1.29, 1.82) is 0 Å². The third-order valence-electron chi connectivity index (χ3n) is 7.17. The van der Waals surface area contributed by atoms with Crippen molar-refractivity contribution in [3.05, 3.63) is 48.8 Å². The molecule has 5 rings (SSSR count). The van der Waals surface area contributed by atoms with E-state index in [2.05, 4.69) is 15.3 Å². The van der Waals surface area contributed by atoms with Gasteiger partial charge in [0.2, 0.25) is 10.0 Å². The van der Waals surface area contributed by atoms with E-state index in [0.717, 1.165) is 18.2 Å². The molecule has 2 aliphatic rings. The van der Waals surface area contributed by atoms with Gasteiger partial charge in [0, 0.05) is 44.3 Å². The van der Waals surface area contributed by atoms with Gasteiger partial charge in [-0.15, -0.1) is 0 Å². The zero-order valence-corrected chi connectivity index (χ0v) is 22.7. The van der Waals surface area contributed by atoms with Crippen LogP contribution < -0.4 is 10.1 Å². The number of aromatic nitrogens is 2. The van der Waals surface area contributed by atoms with Crippen LogP contribution in [0, 0.1) is 0 Å². The van der Waals surface area contributed by atoms with E-state index in [-0.39, 0.29) is 34.6 Å². The average molecular weight is 565 g/mol. The molecule has 38 heavy (non-hydrogen) atoms. The lowest BCUT2D eigenvalue weighted by molar-refractivity contribution is -0.0312. The van der Waals surface area contributed by atoms with E-state index < -0.39 is 26.0 Å². The molecule has 1 aromatic carbocycles. The van der Waals surface area contributed by atoms with Crippen LogP contribution in [0.3, 0.4) is 0 Å². The number of H-pyrrole nitrogens is 1. The quantitative estimate of drug-likeness (QED) is 0.349. The number of nitrogens with zero attached hydrogens (tertiary/aromatic N) is 2. The van der Waals surface area contributed by atoms with Crippen molar-refractivity contribution >= 4 is 30.9 Å². The van der Waals surface area contributed by atoms with Crippen molar-refractivity contribution in [3.63, 3.8) is 0 Å². The number of aromatic amines is 1. The summed E-state index contributed by atoms with van der Waals surface area (Å²) in [6.45, 7) is 1.49. The van der Waals surface area contributed by atoms with Gasteiger partial charge in [-0.1, -0.05) is 6.07 Å². The number of benzene rings is 1. The number of ether oxygens (including phenoxy) is 2. The highest BCUT2D eigenvalue weighted by molar-refractivity contribution is 7.90. The Morgan fingerprint density at radius 1 is 1.21 bits per heavy atom. The second-order valence-corrected chi connectivity index (χ2v) is 14.0. The van der Waals surface area contributed by atoms with Gasteiger partial charge in [0.05, 0.1) is 28.1 Å². The first kappa shape index (κ1) is 27.0. The zero-order chi connectivity index (χ0) is 27.0. The Kier molecular flexibility index (Phi) is 7.50. The smallest absolute Gasteiger partial charge is 0.244 e. The molecule has 3 N–H and O–H groups in total. The minimum atomic E-state index is -3.65. The van der Waals surface area contributed by atoms with Crippen LogP contribution in [0.2, 0.25) is 0 Å². The summed E-state index contributed by atoms with van der Waals surface area (Å²) < 4.78 is 63.0. The van der Waals surface area contributed by atoms with Gasteiger partial charge in [-0.25, -0.2) is 16.8 Å². The molecule has 2 aromatic heterocycles. The molecule has 0 saturated carbocycles. The first-order chi connectivity index (χ1) is 18.0. The fraction of sp³-hybridized carbons (Fsp3) is 0.480. The molecule has 1 unspecified atom stereocenters. The first-order valence-electron chi connectivity index (χ1n) is 12.5. The van der Waals surface area contributed by atoms with Crippen molar-refractivity contribution < 1.29 is 31.4 Å². The maximum absolute atomic E-state index is 13.2. The zero-order valence-electron chi connectivity index (χ0n) is 21.0. The molecule has 0 amide bonds. The number of fused-ring (bicyclic) bond motifs is 1. The molecule has 0 radical (unpaired) electrons. The third-order valence-corrected chi connectivity index (χ3v) is 10.1. The third kappa shape index (κ3) is 5.87. The predicted molar refractivity (Wildman–Crippen MR) is 140 cm³/mol. The van der Waals surface area contributed by atoms with E-state index >= 15 is 0 Å². The number of aliphatic hydroxyl groups is 1. The van der Waals surface area contributed by atoms with Gasteiger partial charge in [0.15, 0.2) is 9.84 Å². The molecular weight excluding hydrogens is 532 g/mol. The highest BCUT2D eigenvalue weighted by atomic mass is 32.2. The number of nitrogens with one attached hydrogen (secondary N) is 2. The van der Waals surface area contributed by atoms with Gasteiger partial charge >= 0.3 is 0 Å². The van der Waals surface area contributed by atoms with Crippen LogP contribution in [0.1, 0.15) is 19.3 Å². The predicted octanol–water partition coefficient (Wildman–Crippen LogP) is 1.31. The summed E-state index contributed by atoms with van der Waals surface area (Å²) in [6.07, 6.45) is 5.36. The molecule has 0 aliphatic carbocycles. The fourth-order valence-electron chi connectivity index (χ4n) is 5.01. The Labute approximate surface area is 222 Å². The van der Waals surface area contributed by atoms with Crippen molar-refractivity contribution in [2.75, 3.05) is 39.1 Å². The molecular formula is C25H32N4O7S2. The highest BCUT2D eigenvalue weighted by Gasteiger charge is 2.44. The number of aliphatic hydroxyl groups excluding tert-OH is 1. The molecule has 0 bridgehead atoms. The highest BCUT2D eigenvalue weighted by Crippen LogP contribution is 2.37. The van der Waals surface area contributed by atoms with Crippen LogP contribution in [0.25, 0.3) is 11.0 Å². The summed E-state index contributed by atoms with van der Waals surface area (Å²) >= 11 is 0. The molecule has 1 spiro atoms. The van der Waals surface area contributed by atoms with Gasteiger partial charge < -0.3 is 24.9 Å². The average Bonchev–Trinajstić information content (AvgIpc) is 3.53. The number of hydrogen-bond acceptors (Lipinski definition) is 9. The molecule has 4 heterocycles. The van der Waals surface area contributed by atoms with Crippen LogP contribution >= 0.6 is 0 Å². The molecule has 13 heteroatoms. The topological polar surface area (TPSA) is 151 Å². The summed E-state index contributed by atoms with van der Waals surface area (Å²) in [4.78, 5) is 7.58. The monoisotopic (exact) mass is 564 g/mol. The summed E-state index contributed by atoms with van der Waals surface area (Å²) in [6, 6.07) is 9.61. The summed E-state index contributed by atoms with van der Waals surface area (Å²) in [5.41, 5.74) is 1.01. The Morgan fingerprint density at radius 2 is 2.00 bits per heavy atom. The minimum Gasteiger partial charge on any atom is -0.491 e. The van der Waals surface area contributed by atoms with Crippen LogP contribution in [-0.4, -0.2) is 93.1 Å². The Hall–Kier alpha value is -2.55. The number of sulfone groups is 1. The van der Waals surface area contributed by atoms with E-state index in [1.165, 1.54) is 22.6 Å². The lowest BCUT2D eigenvalue weighted by Crippen LogP contribution is -2.47. The summed E-state index contributed by atoms with van der Waals surface area (Å²) in [5, 5.41) is 13.7. The number of piperidine rings is 1. The summed E-state index contributed by atoms with van der Waals surface area (Å²) in [7, 11) is -6.99. The van der Waals surface area contributed by atoms with Gasteiger partial charge in [0.25, 0.3) is 0 Å². The van der Waals surface area contributed by atoms with E-state index in [0.29, 0.717) is 43.8 Å². The molecule has 3 aromatic rings. The van der Waals surface area contributed by atoms with Crippen molar-refractivity contribution in [2.45, 2.75) is 46.8 Å². The van der Waals surface area contributed by atoms with E-state index in [9.17, 15) is 21.9 Å². The van der Waals surface area contributed by atoms with Crippen molar-refractivity contribution in [1.82, 2.24) is 19.6 Å². The molecule has 2 fully saturated rings. The van der Waals surface area contributed by atoms with Crippen molar-refractivity contribution in [3.8, 4) is 5.75 Å². The van der Waals surface area contributed by atoms with E-state index in [1.54, 1.807) is 30.5 Å². The van der Waals surface area contributed by atoms with Crippen LogP contribution in [0.4, 0.5) is 0 Å². The standard InChI is InChI=1S/C25H32N4O7S2/c1-37(31,32)21-4-2-3-20(11-21)35-17-19(30)14-27-18-13-25(36-16-18)6-9-29(10-7-25)38(33,34)22-12-24-23(28-15-22)5-8-26-24/h2-5,8,11-12,15,18-19,26-27,30H,6-7,9-10,13-14,16-17H2,1H3/t18-,19?/m1/s1. The van der Waals surface area contributed by atoms with Gasteiger partial charge in [0.1, 0.15) is 23.4 Å². The molecule has 2 atom stereocenters. The number of pyridine rings is 1. The minimum absolute atomic E-state index is 0.00882. The Bertz CT molecular complexity index is 1500. The largest absolute Gasteiger partial charge is 0.491 e. The normalized spacial score (nSPS) is 21.2.